The quantitative estimate of drug-likeness (QED) is 0.208. The topological polar surface area (TPSA) is 112 Å². The zero-order valence-corrected chi connectivity index (χ0v) is 26.6. The van der Waals surface area contributed by atoms with Crippen LogP contribution in [0.1, 0.15) is 35.9 Å². The Kier molecular flexibility index (Phi) is 7.86. The number of aromatic amines is 1. The lowest BCUT2D eigenvalue weighted by molar-refractivity contribution is 0.0852. The molecule has 1 atom stereocenters. The second-order valence-electron chi connectivity index (χ2n) is 12.9. The zero-order valence-electron chi connectivity index (χ0n) is 25.6. The summed E-state index contributed by atoms with van der Waals surface area (Å²) in [6, 6.07) is 8.26. The molecule has 43 heavy (non-hydrogen) atoms. The Labute approximate surface area is 251 Å². The van der Waals surface area contributed by atoms with Gasteiger partial charge in [0.15, 0.2) is 11.5 Å². The smallest absolute Gasteiger partial charge is 0.320 e. The highest BCUT2D eigenvalue weighted by Gasteiger charge is 2.35. The molecule has 5 heterocycles. The Hall–Kier alpha value is -3.61. The van der Waals surface area contributed by atoms with Gasteiger partial charge in [-0.15, -0.1) is 0 Å². The van der Waals surface area contributed by atoms with Gasteiger partial charge < -0.3 is 24.2 Å². The lowest BCUT2D eigenvalue weighted by atomic mass is 9.99. The Morgan fingerprint density at radius 3 is 2.72 bits per heavy atom. The Balaban J connectivity index is 1.32. The van der Waals surface area contributed by atoms with E-state index < -0.39 is 14.2 Å². The SMILES string of the molecule is CCc1cc(C)c(F)cc1-c1ccc2c(-c3nc4c(n3COCC[Si](C)(C)C)CN(C(=O)N3CC[C@H](O)C3)C4)[nH]nc2n1. The highest BCUT2D eigenvalue weighted by molar-refractivity contribution is 6.76. The minimum atomic E-state index is -1.27. The minimum absolute atomic E-state index is 0.0787. The molecule has 0 bridgehead atoms. The number of hydrogen-bond donors (Lipinski definition) is 2. The van der Waals surface area contributed by atoms with Crippen LogP contribution in [-0.2, 0) is 31.0 Å². The number of benzene rings is 1. The molecule has 6 rings (SSSR count). The van der Waals surface area contributed by atoms with Gasteiger partial charge in [-0.3, -0.25) is 5.10 Å². The molecule has 0 spiro atoms. The van der Waals surface area contributed by atoms with Crippen LogP contribution in [0.15, 0.2) is 24.3 Å². The maximum Gasteiger partial charge on any atom is 0.320 e. The molecular formula is C31H40FN7O3Si. The van der Waals surface area contributed by atoms with Gasteiger partial charge in [0, 0.05) is 38.7 Å². The largest absolute Gasteiger partial charge is 0.391 e. The van der Waals surface area contributed by atoms with E-state index in [2.05, 4.69) is 36.8 Å². The summed E-state index contributed by atoms with van der Waals surface area (Å²) in [6.07, 6.45) is 0.905. The van der Waals surface area contributed by atoms with Crippen molar-refractivity contribution in [3.8, 4) is 22.8 Å². The lowest BCUT2D eigenvalue weighted by Gasteiger charge is -2.24. The van der Waals surface area contributed by atoms with Crippen LogP contribution in [0.3, 0.4) is 0 Å². The molecule has 0 saturated carbocycles. The normalized spacial score (nSPS) is 17.0. The third-order valence-corrected chi connectivity index (χ3v) is 10.1. The number of urea groups is 1. The average molecular weight is 606 g/mol. The summed E-state index contributed by atoms with van der Waals surface area (Å²) < 4.78 is 22.7. The molecule has 0 radical (unpaired) electrons. The highest BCUT2D eigenvalue weighted by Crippen LogP contribution is 2.34. The summed E-state index contributed by atoms with van der Waals surface area (Å²) in [6.45, 7) is 13.5. The number of β-amino-alcohol motifs (C(OH)–C–C–N with tert-alkyl or cyclic N) is 1. The number of aryl methyl sites for hydroxylation is 2. The number of carbonyl (C=O) groups is 1. The highest BCUT2D eigenvalue weighted by atomic mass is 28.3. The molecular weight excluding hydrogens is 565 g/mol. The number of ether oxygens (including phenoxy) is 1. The summed E-state index contributed by atoms with van der Waals surface area (Å²) >= 11 is 0. The number of halogens is 1. The van der Waals surface area contributed by atoms with Gasteiger partial charge in [0.1, 0.15) is 18.2 Å². The number of rotatable bonds is 8. The fourth-order valence-electron chi connectivity index (χ4n) is 5.86. The Morgan fingerprint density at radius 2 is 2.00 bits per heavy atom. The number of imidazole rings is 1. The van der Waals surface area contributed by atoms with Crippen molar-refractivity contribution in [2.45, 2.75) is 78.3 Å². The Morgan fingerprint density at radius 1 is 1.19 bits per heavy atom. The molecule has 4 aromatic rings. The maximum atomic E-state index is 14.5. The van der Waals surface area contributed by atoms with Crippen LogP contribution in [0.25, 0.3) is 33.8 Å². The number of carbonyl (C=O) groups excluding carboxylic acids is 1. The molecule has 0 unspecified atom stereocenters. The number of aliphatic hydroxyl groups is 1. The summed E-state index contributed by atoms with van der Waals surface area (Å²) in [5.41, 5.74) is 6.10. The van der Waals surface area contributed by atoms with Crippen LogP contribution in [0.2, 0.25) is 25.7 Å². The van der Waals surface area contributed by atoms with Crippen molar-refractivity contribution in [2.24, 2.45) is 0 Å². The van der Waals surface area contributed by atoms with Gasteiger partial charge in [0.05, 0.1) is 36.3 Å². The van der Waals surface area contributed by atoms with E-state index in [4.69, 9.17) is 14.7 Å². The van der Waals surface area contributed by atoms with Crippen molar-refractivity contribution in [3.63, 3.8) is 0 Å². The van der Waals surface area contributed by atoms with E-state index in [1.807, 2.05) is 22.8 Å². The number of hydrogen-bond acceptors (Lipinski definition) is 6. The number of pyridine rings is 1. The number of likely N-dealkylation sites (tertiary alicyclic amines) is 1. The van der Waals surface area contributed by atoms with E-state index in [9.17, 15) is 14.3 Å². The van der Waals surface area contributed by atoms with Crippen molar-refractivity contribution in [3.05, 3.63) is 52.6 Å². The maximum absolute atomic E-state index is 14.5. The van der Waals surface area contributed by atoms with Crippen LogP contribution in [0, 0.1) is 12.7 Å². The van der Waals surface area contributed by atoms with Crippen molar-refractivity contribution in [1.29, 1.82) is 0 Å². The van der Waals surface area contributed by atoms with Crippen LogP contribution in [0.5, 0.6) is 0 Å². The summed E-state index contributed by atoms with van der Waals surface area (Å²) in [5.74, 6) is 0.435. The van der Waals surface area contributed by atoms with E-state index in [1.165, 1.54) is 0 Å². The van der Waals surface area contributed by atoms with Crippen LogP contribution in [0.4, 0.5) is 9.18 Å². The fraction of sp³-hybridized carbons (Fsp3) is 0.484. The van der Waals surface area contributed by atoms with Gasteiger partial charge in [0.25, 0.3) is 0 Å². The van der Waals surface area contributed by atoms with E-state index >= 15 is 0 Å². The molecule has 1 aromatic carbocycles. The summed E-state index contributed by atoms with van der Waals surface area (Å²) in [4.78, 5) is 26.5. The standard InChI is InChI=1S/C31H40FN7O3Si/c1-6-20-13-19(2)24(32)14-23(20)25-8-7-22-28(35-36-29(22)33-25)30-34-26-16-38(31(41)37-10-9-21(40)15-37)17-27(26)39(30)18-42-11-12-43(3,4)5/h7-8,13-14,21,40H,6,9-12,15-18H2,1-5H3,(H,33,35,36)/t21-/m0/s1. The van der Waals surface area contributed by atoms with Crippen molar-refractivity contribution >= 4 is 25.1 Å². The third kappa shape index (κ3) is 5.83. The predicted molar refractivity (Wildman–Crippen MR) is 166 cm³/mol. The number of amides is 2. The average Bonchev–Trinajstić information content (AvgIpc) is 3.74. The van der Waals surface area contributed by atoms with Crippen LogP contribution >= 0.6 is 0 Å². The Bertz CT molecular complexity index is 1680. The fourth-order valence-corrected chi connectivity index (χ4v) is 6.62. The molecule has 2 N–H and O–H groups in total. The minimum Gasteiger partial charge on any atom is -0.391 e. The molecule has 1 fully saturated rings. The predicted octanol–water partition coefficient (Wildman–Crippen LogP) is 5.31. The van der Waals surface area contributed by atoms with Crippen LogP contribution in [-0.4, -0.2) is 79.5 Å². The molecule has 12 heteroatoms. The first-order valence-electron chi connectivity index (χ1n) is 15.0. The number of fused-ring (bicyclic) bond motifs is 2. The summed E-state index contributed by atoms with van der Waals surface area (Å²) in [5, 5.41) is 18.4. The van der Waals surface area contributed by atoms with Crippen molar-refractivity contribution in [1.82, 2.24) is 34.5 Å². The number of nitrogens with one attached hydrogen (secondary N) is 1. The molecule has 2 aliphatic rings. The van der Waals surface area contributed by atoms with Gasteiger partial charge in [-0.25, -0.2) is 19.2 Å². The molecule has 228 valence electrons. The number of H-pyrrole nitrogens is 1. The second-order valence-corrected chi connectivity index (χ2v) is 18.5. The van der Waals surface area contributed by atoms with Gasteiger partial charge >= 0.3 is 6.03 Å². The van der Waals surface area contributed by atoms with Crippen molar-refractivity contribution < 1.29 is 19.0 Å². The molecule has 0 aliphatic carbocycles. The summed E-state index contributed by atoms with van der Waals surface area (Å²) in [7, 11) is -1.27. The molecule has 2 aliphatic heterocycles. The first-order chi connectivity index (χ1) is 20.5. The number of nitrogens with zero attached hydrogens (tertiary/aromatic N) is 6. The molecule has 10 nitrogen and oxygen atoms in total. The van der Waals surface area contributed by atoms with E-state index in [-0.39, 0.29) is 11.8 Å². The van der Waals surface area contributed by atoms with E-state index in [1.54, 1.807) is 22.8 Å². The van der Waals surface area contributed by atoms with Gasteiger partial charge in [-0.05, 0) is 55.1 Å². The van der Waals surface area contributed by atoms with Gasteiger partial charge in [0.2, 0.25) is 0 Å². The molecule has 3 aromatic heterocycles. The van der Waals surface area contributed by atoms with E-state index in [0.29, 0.717) is 68.7 Å². The number of aromatic nitrogens is 5. The zero-order chi connectivity index (χ0) is 30.5. The second kappa shape index (κ2) is 11.5. The van der Waals surface area contributed by atoms with Gasteiger partial charge in [-0.1, -0.05) is 32.6 Å². The molecule has 2 amide bonds. The monoisotopic (exact) mass is 605 g/mol. The van der Waals surface area contributed by atoms with E-state index in [0.717, 1.165) is 46.1 Å². The van der Waals surface area contributed by atoms with Crippen molar-refractivity contribution in [2.75, 3.05) is 19.7 Å². The van der Waals surface area contributed by atoms with Gasteiger partial charge in [-0.2, -0.15) is 5.10 Å². The first-order valence-corrected chi connectivity index (χ1v) is 18.8. The third-order valence-electron chi connectivity index (χ3n) is 8.44. The molecule has 1 saturated heterocycles. The lowest BCUT2D eigenvalue weighted by Crippen LogP contribution is -2.39. The first kappa shape index (κ1) is 29.5. The number of aliphatic hydroxyl groups excluding tert-OH is 1. The van der Waals surface area contributed by atoms with Crippen LogP contribution < -0.4 is 0 Å².